The lowest BCUT2D eigenvalue weighted by Gasteiger charge is -2.20. The fourth-order valence-electron chi connectivity index (χ4n) is 3.52. The average Bonchev–Trinajstić information content (AvgIpc) is 2.89. The Kier molecular flexibility index (Phi) is 5.85. The molecule has 7 nitrogen and oxygen atoms in total. The number of hydrogen-bond acceptors (Lipinski definition) is 5. The molecule has 26 heavy (non-hydrogen) atoms. The highest BCUT2D eigenvalue weighted by Crippen LogP contribution is 2.23. The quantitative estimate of drug-likeness (QED) is 0.891. The summed E-state index contributed by atoms with van der Waals surface area (Å²) in [5.74, 6) is 1.44. The summed E-state index contributed by atoms with van der Waals surface area (Å²) in [6.07, 6.45) is 9.57. The maximum absolute atomic E-state index is 12.9. The van der Waals surface area contributed by atoms with Crippen molar-refractivity contribution >= 4 is 11.7 Å². The fraction of sp³-hybridized carbons (Fsp3) is 0.579. The molecule has 0 saturated carbocycles. The molecule has 140 valence electrons. The van der Waals surface area contributed by atoms with Gasteiger partial charge in [0.15, 0.2) is 0 Å². The Balaban J connectivity index is 1.60. The molecular formula is C19H28N6O. The van der Waals surface area contributed by atoms with E-state index in [0.717, 1.165) is 68.1 Å². The number of anilines is 1. The van der Waals surface area contributed by atoms with Crippen molar-refractivity contribution in [2.45, 2.75) is 46.1 Å². The first-order chi connectivity index (χ1) is 12.6. The third-order valence-corrected chi connectivity index (χ3v) is 5.09. The number of aromatic nitrogens is 4. The highest BCUT2D eigenvalue weighted by molar-refractivity contribution is 5.95. The van der Waals surface area contributed by atoms with Crippen molar-refractivity contribution in [3.63, 3.8) is 0 Å². The van der Waals surface area contributed by atoms with Crippen LogP contribution in [0.15, 0.2) is 18.6 Å². The molecule has 3 heterocycles. The molecule has 1 N–H and O–H groups in total. The Bertz CT molecular complexity index is 739. The van der Waals surface area contributed by atoms with Crippen LogP contribution in [-0.2, 0) is 13.0 Å². The number of rotatable bonds is 5. The maximum atomic E-state index is 12.9. The van der Waals surface area contributed by atoms with Gasteiger partial charge < -0.3 is 10.2 Å². The van der Waals surface area contributed by atoms with Gasteiger partial charge in [-0.15, -0.1) is 0 Å². The van der Waals surface area contributed by atoms with Gasteiger partial charge in [0.1, 0.15) is 5.82 Å². The summed E-state index contributed by atoms with van der Waals surface area (Å²) < 4.78 is 1.83. The Morgan fingerprint density at radius 2 is 2.12 bits per heavy atom. The minimum atomic E-state index is 0.112. The molecule has 0 spiro atoms. The van der Waals surface area contributed by atoms with Crippen molar-refractivity contribution in [1.82, 2.24) is 24.6 Å². The monoisotopic (exact) mass is 356 g/mol. The van der Waals surface area contributed by atoms with E-state index in [9.17, 15) is 4.79 Å². The van der Waals surface area contributed by atoms with Gasteiger partial charge in [0, 0.05) is 32.9 Å². The topological polar surface area (TPSA) is 75.9 Å². The molecule has 0 aromatic carbocycles. The van der Waals surface area contributed by atoms with Gasteiger partial charge in [-0.1, -0.05) is 0 Å². The van der Waals surface area contributed by atoms with Crippen molar-refractivity contribution in [3.8, 4) is 0 Å². The van der Waals surface area contributed by atoms with Crippen molar-refractivity contribution in [2.75, 3.05) is 25.5 Å². The Labute approximate surface area is 154 Å². The van der Waals surface area contributed by atoms with Crippen LogP contribution in [0.2, 0.25) is 0 Å². The summed E-state index contributed by atoms with van der Waals surface area (Å²) in [4.78, 5) is 23.7. The predicted octanol–water partition coefficient (Wildman–Crippen LogP) is 2.53. The predicted molar refractivity (Wildman–Crippen MR) is 101 cm³/mol. The zero-order valence-electron chi connectivity index (χ0n) is 15.9. The first-order valence-corrected chi connectivity index (χ1v) is 9.42. The van der Waals surface area contributed by atoms with Gasteiger partial charge in [-0.05, 0) is 45.4 Å². The summed E-state index contributed by atoms with van der Waals surface area (Å²) in [6, 6.07) is 0. The SMILES string of the molecule is CCn1cc(C(=O)N2CCCC(Cc3cnc(NC)cn3)CC2)c(C)n1. The van der Waals surface area contributed by atoms with E-state index in [1.807, 2.05) is 42.9 Å². The second kappa shape index (κ2) is 8.29. The first kappa shape index (κ1) is 18.4. The van der Waals surface area contributed by atoms with Crippen LogP contribution in [-0.4, -0.2) is 50.7 Å². The summed E-state index contributed by atoms with van der Waals surface area (Å²) in [6.45, 7) is 6.33. The maximum Gasteiger partial charge on any atom is 0.257 e. The van der Waals surface area contributed by atoms with Crippen LogP contribution in [0.1, 0.15) is 47.9 Å². The number of nitrogens with one attached hydrogen (secondary N) is 1. The second-order valence-electron chi connectivity index (χ2n) is 6.92. The molecule has 2 aromatic heterocycles. The molecule has 1 aliphatic rings. The van der Waals surface area contributed by atoms with Crippen LogP contribution in [0.25, 0.3) is 0 Å². The lowest BCUT2D eigenvalue weighted by Crippen LogP contribution is -2.32. The standard InChI is InChI=1S/C19H28N6O/c1-4-25-13-17(14(2)23-25)19(26)24-8-5-6-15(7-9-24)10-16-11-22-18(20-3)12-21-16/h11-13,15H,4-10H2,1-3H3,(H,20,22). The van der Waals surface area contributed by atoms with Crippen LogP contribution in [0.5, 0.6) is 0 Å². The largest absolute Gasteiger partial charge is 0.372 e. The number of carbonyl (C=O) groups excluding carboxylic acids is 1. The third-order valence-electron chi connectivity index (χ3n) is 5.09. The Hall–Kier alpha value is -2.44. The highest BCUT2D eigenvalue weighted by Gasteiger charge is 2.24. The van der Waals surface area contributed by atoms with E-state index in [-0.39, 0.29) is 5.91 Å². The van der Waals surface area contributed by atoms with Crippen molar-refractivity contribution in [3.05, 3.63) is 35.5 Å². The number of amides is 1. The fourth-order valence-corrected chi connectivity index (χ4v) is 3.52. The molecule has 1 fully saturated rings. The smallest absolute Gasteiger partial charge is 0.257 e. The number of likely N-dealkylation sites (tertiary alicyclic amines) is 1. The molecule has 7 heteroatoms. The summed E-state index contributed by atoms with van der Waals surface area (Å²) in [5.41, 5.74) is 2.57. The molecule has 0 radical (unpaired) electrons. The van der Waals surface area contributed by atoms with E-state index >= 15 is 0 Å². The van der Waals surface area contributed by atoms with Gasteiger partial charge in [-0.2, -0.15) is 5.10 Å². The van der Waals surface area contributed by atoms with Crippen molar-refractivity contribution < 1.29 is 4.79 Å². The second-order valence-corrected chi connectivity index (χ2v) is 6.92. The van der Waals surface area contributed by atoms with Gasteiger partial charge in [-0.3, -0.25) is 14.5 Å². The molecule has 0 aliphatic carbocycles. The van der Waals surface area contributed by atoms with E-state index in [0.29, 0.717) is 5.92 Å². The van der Waals surface area contributed by atoms with Gasteiger partial charge in [0.2, 0.25) is 0 Å². The van der Waals surface area contributed by atoms with Gasteiger partial charge in [0.25, 0.3) is 5.91 Å². The molecule has 1 saturated heterocycles. The van der Waals surface area contributed by atoms with Crippen LogP contribution in [0.3, 0.4) is 0 Å². The van der Waals surface area contributed by atoms with Crippen LogP contribution >= 0.6 is 0 Å². The lowest BCUT2D eigenvalue weighted by atomic mass is 9.95. The summed E-state index contributed by atoms with van der Waals surface area (Å²) in [5, 5.41) is 7.39. The molecule has 1 aliphatic heterocycles. The van der Waals surface area contributed by atoms with E-state index in [2.05, 4.69) is 20.4 Å². The van der Waals surface area contributed by atoms with Crippen molar-refractivity contribution in [2.24, 2.45) is 5.92 Å². The molecule has 3 rings (SSSR count). The summed E-state index contributed by atoms with van der Waals surface area (Å²) >= 11 is 0. The first-order valence-electron chi connectivity index (χ1n) is 9.42. The normalized spacial score (nSPS) is 17.8. The van der Waals surface area contributed by atoms with E-state index in [1.165, 1.54) is 0 Å². The number of aryl methyl sites for hydroxylation is 2. The van der Waals surface area contributed by atoms with Gasteiger partial charge in [0.05, 0.1) is 29.3 Å². The molecular weight excluding hydrogens is 328 g/mol. The van der Waals surface area contributed by atoms with Crippen LogP contribution < -0.4 is 5.32 Å². The Morgan fingerprint density at radius 3 is 2.77 bits per heavy atom. The zero-order chi connectivity index (χ0) is 18.5. The highest BCUT2D eigenvalue weighted by atomic mass is 16.2. The van der Waals surface area contributed by atoms with Gasteiger partial charge in [-0.25, -0.2) is 4.98 Å². The van der Waals surface area contributed by atoms with Gasteiger partial charge >= 0.3 is 0 Å². The molecule has 2 aromatic rings. The van der Waals surface area contributed by atoms with Crippen LogP contribution in [0.4, 0.5) is 5.82 Å². The number of carbonyl (C=O) groups is 1. The molecule has 1 atom stereocenters. The minimum Gasteiger partial charge on any atom is -0.372 e. The molecule has 0 bridgehead atoms. The van der Waals surface area contributed by atoms with Crippen LogP contribution in [0, 0.1) is 12.8 Å². The van der Waals surface area contributed by atoms with E-state index in [1.54, 1.807) is 6.20 Å². The Morgan fingerprint density at radius 1 is 1.27 bits per heavy atom. The van der Waals surface area contributed by atoms with E-state index < -0.39 is 0 Å². The van der Waals surface area contributed by atoms with E-state index in [4.69, 9.17) is 0 Å². The third kappa shape index (κ3) is 4.20. The molecule has 1 unspecified atom stereocenters. The minimum absolute atomic E-state index is 0.112. The molecule has 1 amide bonds. The average molecular weight is 356 g/mol. The zero-order valence-corrected chi connectivity index (χ0v) is 15.9. The van der Waals surface area contributed by atoms with Crippen molar-refractivity contribution in [1.29, 1.82) is 0 Å². The number of nitrogens with zero attached hydrogens (tertiary/aromatic N) is 5. The summed E-state index contributed by atoms with van der Waals surface area (Å²) in [7, 11) is 1.84. The number of hydrogen-bond donors (Lipinski definition) is 1. The lowest BCUT2D eigenvalue weighted by molar-refractivity contribution is 0.0759.